The molecule has 1 fully saturated rings. The standard InChI is InChI=1S/C21H25N5O4/c1-26-20(28)16(11-17(25-26)12-3-5-13(6-4-12)18(22)23)19(27)24-15-9-7-14(8-10-15)21(29)30-2/h3-6,11,14-15H,7-10H2,1-2H3,(H3,22,23)(H,24,27). The topological polar surface area (TPSA) is 140 Å². The molecule has 1 heterocycles. The molecule has 0 spiro atoms. The summed E-state index contributed by atoms with van der Waals surface area (Å²) in [6.07, 6.45) is 2.58. The Labute approximate surface area is 173 Å². The average Bonchev–Trinajstić information content (AvgIpc) is 2.75. The molecule has 1 amide bonds. The van der Waals surface area contributed by atoms with E-state index in [2.05, 4.69) is 10.4 Å². The van der Waals surface area contributed by atoms with E-state index in [9.17, 15) is 14.4 Å². The third-order valence-electron chi connectivity index (χ3n) is 5.40. The second-order valence-corrected chi connectivity index (χ2v) is 7.41. The van der Waals surface area contributed by atoms with Crippen LogP contribution in [0.1, 0.15) is 41.6 Å². The summed E-state index contributed by atoms with van der Waals surface area (Å²) in [5, 5.41) is 14.6. The highest BCUT2D eigenvalue weighted by atomic mass is 16.5. The Morgan fingerprint density at radius 3 is 2.40 bits per heavy atom. The third-order valence-corrected chi connectivity index (χ3v) is 5.40. The first-order valence-corrected chi connectivity index (χ1v) is 9.72. The average molecular weight is 411 g/mol. The van der Waals surface area contributed by atoms with Gasteiger partial charge in [-0.15, -0.1) is 0 Å². The molecule has 9 nitrogen and oxygen atoms in total. The van der Waals surface area contributed by atoms with E-state index >= 15 is 0 Å². The molecule has 2 aromatic rings. The van der Waals surface area contributed by atoms with E-state index in [1.165, 1.54) is 20.2 Å². The number of amides is 1. The van der Waals surface area contributed by atoms with E-state index in [1.54, 1.807) is 24.3 Å². The molecule has 1 aromatic heterocycles. The zero-order chi connectivity index (χ0) is 21.8. The van der Waals surface area contributed by atoms with Gasteiger partial charge in [-0.1, -0.05) is 24.3 Å². The van der Waals surface area contributed by atoms with E-state index in [1.807, 2.05) is 0 Å². The van der Waals surface area contributed by atoms with Gasteiger partial charge in [0.25, 0.3) is 11.5 Å². The highest BCUT2D eigenvalue weighted by molar-refractivity contribution is 5.96. The fraction of sp³-hybridized carbons (Fsp3) is 0.381. The van der Waals surface area contributed by atoms with Gasteiger partial charge in [0, 0.05) is 24.2 Å². The molecule has 0 bridgehead atoms. The smallest absolute Gasteiger partial charge is 0.308 e. The predicted octanol–water partition coefficient (Wildman–Crippen LogP) is 1.19. The predicted molar refractivity (Wildman–Crippen MR) is 111 cm³/mol. The van der Waals surface area contributed by atoms with Crippen molar-refractivity contribution < 1.29 is 14.3 Å². The first kappa shape index (κ1) is 21.2. The maximum Gasteiger partial charge on any atom is 0.308 e. The van der Waals surface area contributed by atoms with Crippen molar-refractivity contribution in [1.82, 2.24) is 15.1 Å². The molecule has 0 aliphatic heterocycles. The summed E-state index contributed by atoms with van der Waals surface area (Å²) in [5.41, 5.74) is 6.73. The van der Waals surface area contributed by atoms with Gasteiger partial charge in [0.2, 0.25) is 0 Å². The van der Waals surface area contributed by atoms with Crippen LogP contribution < -0.4 is 16.6 Å². The van der Waals surface area contributed by atoms with Gasteiger partial charge in [-0.05, 0) is 31.7 Å². The number of hydrogen-bond donors (Lipinski definition) is 3. The molecule has 30 heavy (non-hydrogen) atoms. The summed E-state index contributed by atoms with van der Waals surface area (Å²) in [6, 6.07) is 8.21. The van der Waals surface area contributed by atoms with Gasteiger partial charge in [0.05, 0.1) is 18.7 Å². The summed E-state index contributed by atoms with van der Waals surface area (Å²) in [4.78, 5) is 36.9. The number of hydrogen-bond acceptors (Lipinski definition) is 6. The Morgan fingerprint density at radius 1 is 1.20 bits per heavy atom. The molecule has 4 N–H and O–H groups in total. The number of carbonyl (C=O) groups is 2. The first-order chi connectivity index (χ1) is 14.3. The van der Waals surface area contributed by atoms with Crippen LogP contribution in [0.2, 0.25) is 0 Å². The highest BCUT2D eigenvalue weighted by Gasteiger charge is 2.28. The monoisotopic (exact) mass is 411 g/mol. The summed E-state index contributed by atoms with van der Waals surface area (Å²) in [7, 11) is 2.87. The molecule has 0 saturated heterocycles. The molecule has 1 aromatic carbocycles. The summed E-state index contributed by atoms with van der Waals surface area (Å²) >= 11 is 0. The van der Waals surface area contributed by atoms with Crippen molar-refractivity contribution in [3.8, 4) is 11.3 Å². The van der Waals surface area contributed by atoms with Gasteiger partial charge < -0.3 is 15.8 Å². The first-order valence-electron chi connectivity index (χ1n) is 9.72. The number of rotatable bonds is 5. The number of aryl methyl sites for hydroxylation is 1. The number of esters is 1. The Hall–Kier alpha value is -3.49. The second kappa shape index (κ2) is 8.89. The van der Waals surface area contributed by atoms with E-state index in [0.717, 1.165) is 4.68 Å². The molecule has 1 aliphatic carbocycles. The lowest BCUT2D eigenvalue weighted by molar-refractivity contribution is -0.146. The third kappa shape index (κ3) is 4.56. The minimum atomic E-state index is -0.486. The lowest BCUT2D eigenvalue weighted by Gasteiger charge is -2.27. The minimum absolute atomic E-state index is 0.00763. The zero-order valence-corrected chi connectivity index (χ0v) is 17.0. The number of methoxy groups -OCH3 is 1. The molecule has 9 heteroatoms. The fourth-order valence-electron chi connectivity index (χ4n) is 3.64. The Bertz CT molecular complexity index is 1020. The quantitative estimate of drug-likeness (QED) is 0.384. The van der Waals surface area contributed by atoms with Gasteiger partial charge in [-0.2, -0.15) is 5.10 Å². The van der Waals surface area contributed by atoms with Crippen LogP contribution in [0, 0.1) is 11.3 Å². The number of nitrogen functional groups attached to an aromatic ring is 1. The van der Waals surface area contributed by atoms with Gasteiger partial charge in [0.1, 0.15) is 11.4 Å². The Morgan fingerprint density at radius 2 is 1.83 bits per heavy atom. The maximum atomic E-state index is 12.8. The van der Waals surface area contributed by atoms with Gasteiger partial charge in [0.15, 0.2) is 0 Å². The van der Waals surface area contributed by atoms with Gasteiger partial charge >= 0.3 is 5.97 Å². The number of nitrogens with zero attached hydrogens (tertiary/aromatic N) is 2. The Kier molecular flexibility index (Phi) is 6.29. The summed E-state index contributed by atoms with van der Waals surface area (Å²) < 4.78 is 5.92. The molecule has 0 radical (unpaired) electrons. The van der Waals surface area contributed by atoms with Crippen molar-refractivity contribution >= 4 is 17.7 Å². The highest BCUT2D eigenvalue weighted by Crippen LogP contribution is 2.25. The van der Waals surface area contributed by atoms with Crippen LogP contribution in [0.25, 0.3) is 11.3 Å². The van der Waals surface area contributed by atoms with Crippen LogP contribution in [0.15, 0.2) is 35.1 Å². The molecular weight excluding hydrogens is 386 g/mol. The number of nitrogens with two attached hydrogens (primary N) is 1. The number of ether oxygens (including phenoxy) is 1. The van der Waals surface area contributed by atoms with Crippen molar-refractivity contribution in [2.45, 2.75) is 31.7 Å². The molecule has 0 unspecified atom stereocenters. The van der Waals surface area contributed by atoms with Crippen LogP contribution in [0.4, 0.5) is 0 Å². The molecule has 0 atom stereocenters. The summed E-state index contributed by atoms with van der Waals surface area (Å²) in [5.74, 6) is -0.859. The largest absolute Gasteiger partial charge is 0.469 e. The number of amidine groups is 1. The van der Waals surface area contributed by atoms with Gasteiger partial charge in [-0.25, -0.2) is 4.68 Å². The van der Waals surface area contributed by atoms with Crippen LogP contribution in [0.5, 0.6) is 0 Å². The van der Waals surface area contributed by atoms with E-state index in [4.69, 9.17) is 15.9 Å². The van der Waals surface area contributed by atoms with Crippen LogP contribution in [-0.4, -0.2) is 40.6 Å². The lowest BCUT2D eigenvalue weighted by Crippen LogP contribution is -2.41. The SMILES string of the molecule is COC(=O)C1CCC(NC(=O)c2cc(-c3ccc(C(=N)N)cc3)nn(C)c2=O)CC1. The number of benzene rings is 1. The van der Waals surface area contributed by atoms with Crippen LogP contribution in [-0.2, 0) is 16.6 Å². The second-order valence-electron chi connectivity index (χ2n) is 7.41. The van der Waals surface area contributed by atoms with E-state index < -0.39 is 11.5 Å². The normalized spacial score (nSPS) is 18.5. The molecule has 158 valence electrons. The number of carbonyl (C=O) groups excluding carboxylic acids is 2. The van der Waals surface area contributed by atoms with Crippen molar-refractivity contribution in [2.24, 2.45) is 18.7 Å². The van der Waals surface area contributed by atoms with Crippen LogP contribution >= 0.6 is 0 Å². The number of aromatic nitrogens is 2. The van der Waals surface area contributed by atoms with Crippen molar-refractivity contribution in [3.63, 3.8) is 0 Å². The Balaban J connectivity index is 1.77. The van der Waals surface area contributed by atoms with Crippen LogP contribution in [0.3, 0.4) is 0 Å². The van der Waals surface area contributed by atoms with E-state index in [0.29, 0.717) is 42.5 Å². The van der Waals surface area contributed by atoms with Crippen molar-refractivity contribution in [3.05, 3.63) is 51.8 Å². The molecule has 3 rings (SSSR count). The van der Waals surface area contributed by atoms with Crippen molar-refractivity contribution in [2.75, 3.05) is 7.11 Å². The maximum absolute atomic E-state index is 12.8. The fourth-order valence-corrected chi connectivity index (χ4v) is 3.64. The molecule has 1 aliphatic rings. The summed E-state index contributed by atoms with van der Waals surface area (Å²) in [6.45, 7) is 0. The van der Waals surface area contributed by atoms with Crippen molar-refractivity contribution in [1.29, 1.82) is 5.41 Å². The molecular formula is C21H25N5O4. The zero-order valence-electron chi connectivity index (χ0n) is 17.0. The number of nitrogens with one attached hydrogen (secondary N) is 2. The minimum Gasteiger partial charge on any atom is -0.469 e. The van der Waals surface area contributed by atoms with E-state index in [-0.39, 0.29) is 29.3 Å². The molecule has 1 saturated carbocycles. The lowest BCUT2D eigenvalue weighted by atomic mass is 9.86. The van der Waals surface area contributed by atoms with Gasteiger partial charge in [-0.3, -0.25) is 19.8 Å².